The summed E-state index contributed by atoms with van der Waals surface area (Å²) in [6.45, 7) is 8.16. The lowest BCUT2D eigenvalue weighted by Gasteiger charge is -2.38. The van der Waals surface area contributed by atoms with Crippen LogP contribution >= 0.6 is 0 Å². The van der Waals surface area contributed by atoms with Crippen LogP contribution in [0.1, 0.15) is 37.4 Å². The molecule has 0 aromatic heterocycles. The number of hydrogen-bond acceptors (Lipinski definition) is 2. The molecule has 1 aromatic rings. The van der Waals surface area contributed by atoms with Gasteiger partial charge in [-0.15, -0.1) is 0 Å². The lowest BCUT2D eigenvalue weighted by atomic mass is 9.89. The van der Waals surface area contributed by atoms with Crippen molar-refractivity contribution in [3.8, 4) is 0 Å². The molecule has 3 heteroatoms. The van der Waals surface area contributed by atoms with Gasteiger partial charge in [0.05, 0.1) is 0 Å². The molecule has 3 nitrogen and oxygen atoms in total. The van der Waals surface area contributed by atoms with Gasteiger partial charge in [0.15, 0.2) is 0 Å². The van der Waals surface area contributed by atoms with Crippen LogP contribution in [-0.4, -0.2) is 29.1 Å². The molecular formula is C16H23NO2. The molecule has 0 bridgehead atoms. The van der Waals surface area contributed by atoms with Crippen molar-refractivity contribution in [2.24, 2.45) is 11.8 Å². The van der Waals surface area contributed by atoms with Crippen molar-refractivity contribution in [3.63, 3.8) is 0 Å². The first-order chi connectivity index (χ1) is 8.97. The maximum absolute atomic E-state index is 11.7. The SMILES string of the molecule is Cc1cccc(C(C(=O)O)N2CC(C)CC(C)C2)c1. The summed E-state index contributed by atoms with van der Waals surface area (Å²) in [5.41, 5.74) is 2.01. The fraction of sp³-hybridized carbons (Fsp3) is 0.562. The van der Waals surface area contributed by atoms with Crippen molar-refractivity contribution in [3.05, 3.63) is 35.4 Å². The maximum atomic E-state index is 11.7. The maximum Gasteiger partial charge on any atom is 0.325 e. The molecular weight excluding hydrogens is 238 g/mol. The Bertz CT molecular complexity index is 448. The van der Waals surface area contributed by atoms with E-state index in [1.54, 1.807) is 0 Å². The Kier molecular flexibility index (Phi) is 4.25. The fourth-order valence-corrected chi connectivity index (χ4v) is 3.27. The van der Waals surface area contributed by atoms with Gasteiger partial charge < -0.3 is 5.11 Å². The van der Waals surface area contributed by atoms with Gasteiger partial charge in [0.1, 0.15) is 6.04 Å². The molecule has 0 amide bonds. The number of piperidine rings is 1. The van der Waals surface area contributed by atoms with Gasteiger partial charge in [0.2, 0.25) is 0 Å². The highest BCUT2D eigenvalue weighted by atomic mass is 16.4. The Hall–Kier alpha value is -1.35. The molecule has 104 valence electrons. The number of carboxylic acid groups (broad SMARTS) is 1. The Labute approximate surface area is 115 Å². The molecule has 3 atom stereocenters. The van der Waals surface area contributed by atoms with Gasteiger partial charge in [-0.1, -0.05) is 43.7 Å². The Balaban J connectivity index is 2.27. The number of benzene rings is 1. The third-order valence-electron chi connectivity index (χ3n) is 3.85. The first-order valence-electron chi connectivity index (χ1n) is 7.00. The zero-order valence-corrected chi connectivity index (χ0v) is 12.0. The summed E-state index contributed by atoms with van der Waals surface area (Å²) in [6, 6.07) is 7.35. The van der Waals surface area contributed by atoms with E-state index in [2.05, 4.69) is 18.7 Å². The van der Waals surface area contributed by atoms with Crippen LogP contribution in [0.25, 0.3) is 0 Å². The largest absolute Gasteiger partial charge is 0.480 e. The predicted octanol–water partition coefficient (Wildman–Crippen LogP) is 3.10. The van der Waals surface area contributed by atoms with E-state index in [4.69, 9.17) is 0 Å². The Morgan fingerprint density at radius 1 is 1.32 bits per heavy atom. The van der Waals surface area contributed by atoms with Gasteiger partial charge in [0, 0.05) is 13.1 Å². The molecule has 1 aliphatic heterocycles. The highest BCUT2D eigenvalue weighted by molar-refractivity contribution is 5.75. The zero-order chi connectivity index (χ0) is 14.0. The summed E-state index contributed by atoms with van der Waals surface area (Å²) >= 11 is 0. The smallest absolute Gasteiger partial charge is 0.325 e. The molecule has 1 aliphatic rings. The summed E-state index contributed by atoms with van der Waals surface area (Å²) in [5.74, 6) is 0.387. The minimum absolute atomic E-state index is 0.509. The molecule has 1 fully saturated rings. The lowest BCUT2D eigenvalue weighted by Crippen LogP contribution is -2.43. The highest BCUT2D eigenvalue weighted by Gasteiger charge is 2.32. The molecule has 0 aliphatic carbocycles. The van der Waals surface area contributed by atoms with Crippen LogP contribution in [0.3, 0.4) is 0 Å². The zero-order valence-electron chi connectivity index (χ0n) is 12.0. The number of rotatable bonds is 3. The van der Waals surface area contributed by atoms with Crippen molar-refractivity contribution >= 4 is 5.97 Å². The molecule has 0 saturated carbocycles. The Morgan fingerprint density at radius 2 is 1.95 bits per heavy atom. The standard InChI is InChI=1S/C16H23NO2/c1-11-5-4-6-14(8-11)15(16(18)19)17-9-12(2)7-13(3)10-17/h4-6,8,12-13,15H,7,9-10H2,1-3H3,(H,18,19). The van der Waals surface area contributed by atoms with Crippen molar-refractivity contribution < 1.29 is 9.90 Å². The second-order valence-electron chi connectivity index (χ2n) is 6.05. The normalized spacial score (nSPS) is 26.1. The van der Waals surface area contributed by atoms with Gasteiger partial charge >= 0.3 is 5.97 Å². The van der Waals surface area contributed by atoms with Gasteiger partial charge in [0.25, 0.3) is 0 Å². The van der Waals surface area contributed by atoms with E-state index in [9.17, 15) is 9.90 Å². The van der Waals surface area contributed by atoms with Crippen LogP contribution in [0, 0.1) is 18.8 Å². The second kappa shape index (κ2) is 5.74. The van der Waals surface area contributed by atoms with Gasteiger partial charge in [-0.2, -0.15) is 0 Å². The fourth-order valence-electron chi connectivity index (χ4n) is 3.27. The highest BCUT2D eigenvalue weighted by Crippen LogP contribution is 2.29. The van der Waals surface area contributed by atoms with E-state index in [-0.39, 0.29) is 0 Å². The van der Waals surface area contributed by atoms with E-state index in [1.807, 2.05) is 31.2 Å². The van der Waals surface area contributed by atoms with Crippen molar-refractivity contribution in [1.82, 2.24) is 4.90 Å². The topological polar surface area (TPSA) is 40.5 Å². The number of likely N-dealkylation sites (tertiary alicyclic amines) is 1. The summed E-state index contributed by atoms with van der Waals surface area (Å²) < 4.78 is 0. The molecule has 0 radical (unpaired) electrons. The summed E-state index contributed by atoms with van der Waals surface area (Å²) in [5, 5.41) is 9.60. The number of nitrogens with zero attached hydrogens (tertiary/aromatic N) is 1. The Morgan fingerprint density at radius 3 is 2.47 bits per heavy atom. The quantitative estimate of drug-likeness (QED) is 0.909. The molecule has 1 saturated heterocycles. The molecule has 3 unspecified atom stereocenters. The third kappa shape index (κ3) is 3.35. The molecule has 0 spiro atoms. The summed E-state index contributed by atoms with van der Waals surface area (Å²) in [4.78, 5) is 13.8. The van der Waals surface area contributed by atoms with Crippen LogP contribution in [0.15, 0.2) is 24.3 Å². The number of aliphatic carboxylic acids is 1. The van der Waals surface area contributed by atoms with E-state index in [0.29, 0.717) is 11.8 Å². The molecule has 1 aromatic carbocycles. The van der Waals surface area contributed by atoms with E-state index in [0.717, 1.165) is 24.2 Å². The first kappa shape index (κ1) is 14.1. The second-order valence-corrected chi connectivity index (χ2v) is 6.05. The minimum atomic E-state index is -0.744. The third-order valence-corrected chi connectivity index (χ3v) is 3.85. The monoisotopic (exact) mass is 261 g/mol. The average molecular weight is 261 g/mol. The number of carbonyl (C=O) groups is 1. The van der Waals surface area contributed by atoms with E-state index in [1.165, 1.54) is 6.42 Å². The molecule has 1 heterocycles. The van der Waals surface area contributed by atoms with Crippen LogP contribution in [-0.2, 0) is 4.79 Å². The minimum Gasteiger partial charge on any atom is -0.480 e. The molecule has 2 rings (SSSR count). The molecule has 1 N–H and O–H groups in total. The predicted molar refractivity (Wildman–Crippen MR) is 76.1 cm³/mol. The van der Waals surface area contributed by atoms with Crippen LogP contribution < -0.4 is 0 Å². The van der Waals surface area contributed by atoms with Crippen LogP contribution in [0.5, 0.6) is 0 Å². The van der Waals surface area contributed by atoms with Gasteiger partial charge in [-0.25, -0.2) is 0 Å². The van der Waals surface area contributed by atoms with Gasteiger partial charge in [-0.3, -0.25) is 9.69 Å². The van der Waals surface area contributed by atoms with Gasteiger partial charge in [-0.05, 0) is 30.7 Å². The van der Waals surface area contributed by atoms with Crippen LogP contribution in [0.2, 0.25) is 0 Å². The summed E-state index contributed by atoms with van der Waals surface area (Å²) in [6.07, 6.45) is 1.19. The number of aryl methyl sites for hydroxylation is 1. The summed E-state index contributed by atoms with van der Waals surface area (Å²) in [7, 11) is 0. The van der Waals surface area contributed by atoms with Crippen LogP contribution in [0.4, 0.5) is 0 Å². The van der Waals surface area contributed by atoms with Crippen molar-refractivity contribution in [2.45, 2.75) is 33.2 Å². The lowest BCUT2D eigenvalue weighted by molar-refractivity contribution is -0.144. The van der Waals surface area contributed by atoms with Crippen molar-refractivity contribution in [2.75, 3.05) is 13.1 Å². The number of carboxylic acids is 1. The average Bonchev–Trinajstić information content (AvgIpc) is 2.27. The van der Waals surface area contributed by atoms with Crippen molar-refractivity contribution in [1.29, 1.82) is 0 Å². The number of hydrogen-bond donors (Lipinski definition) is 1. The van der Waals surface area contributed by atoms with E-state index < -0.39 is 12.0 Å². The molecule has 19 heavy (non-hydrogen) atoms. The first-order valence-corrected chi connectivity index (χ1v) is 7.00. The van der Waals surface area contributed by atoms with E-state index >= 15 is 0 Å².